The van der Waals surface area contributed by atoms with Crippen molar-refractivity contribution in [3.05, 3.63) is 64.0 Å². The van der Waals surface area contributed by atoms with Gasteiger partial charge in [0.2, 0.25) is 11.2 Å². The fourth-order valence-corrected chi connectivity index (χ4v) is 2.84. The summed E-state index contributed by atoms with van der Waals surface area (Å²) in [5.74, 6) is -3.01. The first-order valence-electron chi connectivity index (χ1n) is 9.90. The van der Waals surface area contributed by atoms with E-state index < -0.39 is 35.7 Å². The van der Waals surface area contributed by atoms with Gasteiger partial charge in [-0.1, -0.05) is 25.5 Å². The van der Waals surface area contributed by atoms with Crippen molar-refractivity contribution in [2.24, 2.45) is 0 Å². The molecule has 0 N–H and O–H groups in total. The molecule has 0 atom stereocenters. The maximum atomic E-state index is 13.6. The summed E-state index contributed by atoms with van der Waals surface area (Å²) in [5.41, 5.74) is -0.586. The molecule has 3 aromatic rings. The van der Waals surface area contributed by atoms with Gasteiger partial charge in [-0.25, -0.2) is 4.79 Å². The van der Waals surface area contributed by atoms with Gasteiger partial charge in [-0.3, -0.25) is 4.79 Å². The highest BCUT2D eigenvalue weighted by Crippen LogP contribution is 2.38. The van der Waals surface area contributed by atoms with Crippen molar-refractivity contribution in [1.29, 1.82) is 0 Å². The minimum Gasteiger partial charge on any atom is -0.482 e. The van der Waals surface area contributed by atoms with Crippen molar-refractivity contribution < 1.29 is 36.6 Å². The minimum atomic E-state index is -4.98. The topological polar surface area (TPSA) is 75.0 Å². The average Bonchev–Trinajstić information content (AvgIpc) is 2.73. The number of ether oxygens (including phenoxy) is 3. The van der Waals surface area contributed by atoms with Crippen LogP contribution in [-0.2, 0) is 15.7 Å². The highest BCUT2D eigenvalue weighted by molar-refractivity contribution is 5.80. The molecule has 0 saturated carbocycles. The number of alkyl halides is 3. The lowest BCUT2D eigenvalue weighted by Gasteiger charge is -2.14. The molecule has 0 spiro atoms. The SMILES string of the molecule is CCCCOC(=O)COc1ccc2c(=O)c(Oc3cccc(C)c3)c(C(F)(F)F)oc2c1. The lowest BCUT2D eigenvalue weighted by atomic mass is 10.2. The van der Waals surface area contributed by atoms with E-state index in [1.165, 1.54) is 24.3 Å². The van der Waals surface area contributed by atoms with E-state index in [-0.39, 0.29) is 29.1 Å². The number of carbonyl (C=O) groups excluding carboxylic acids is 1. The van der Waals surface area contributed by atoms with Crippen molar-refractivity contribution in [3.8, 4) is 17.2 Å². The second-order valence-corrected chi connectivity index (χ2v) is 7.03. The number of halogens is 3. The Morgan fingerprint density at radius 3 is 2.56 bits per heavy atom. The molecule has 0 radical (unpaired) electrons. The van der Waals surface area contributed by atoms with Crippen LogP contribution in [0.2, 0.25) is 0 Å². The van der Waals surface area contributed by atoms with Crippen LogP contribution in [0.5, 0.6) is 17.2 Å². The monoisotopic (exact) mass is 450 g/mol. The molecular formula is C23H21F3O6. The smallest absolute Gasteiger partial charge is 0.453 e. The Balaban J connectivity index is 1.93. The molecular weight excluding hydrogens is 429 g/mol. The molecule has 0 bridgehead atoms. The number of unbranched alkanes of at least 4 members (excludes halogenated alkanes) is 1. The number of benzene rings is 2. The number of hydrogen-bond acceptors (Lipinski definition) is 6. The summed E-state index contributed by atoms with van der Waals surface area (Å²) in [4.78, 5) is 24.5. The third-order valence-corrected chi connectivity index (χ3v) is 4.41. The number of esters is 1. The summed E-state index contributed by atoms with van der Waals surface area (Å²) in [6.07, 6.45) is -3.42. The predicted molar refractivity (Wildman–Crippen MR) is 110 cm³/mol. The van der Waals surface area contributed by atoms with E-state index in [0.717, 1.165) is 18.1 Å². The number of rotatable bonds is 8. The fraction of sp³-hybridized carbons (Fsp3) is 0.304. The fourth-order valence-electron chi connectivity index (χ4n) is 2.84. The quantitative estimate of drug-likeness (QED) is 0.327. The zero-order chi connectivity index (χ0) is 23.3. The van der Waals surface area contributed by atoms with Gasteiger partial charge in [0, 0.05) is 6.07 Å². The van der Waals surface area contributed by atoms with E-state index in [4.69, 9.17) is 18.6 Å². The lowest BCUT2D eigenvalue weighted by molar-refractivity contribution is -0.154. The first-order valence-corrected chi connectivity index (χ1v) is 9.90. The zero-order valence-corrected chi connectivity index (χ0v) is 17.5. The Hall–Kier alpha value is -3.49. The molecule has 0 unspecified atom stereocenters. The van der Waals surface area contributed by atoms with Crippen LogP contribution in [0, 0.1) is 6.92 Å². The average molecular weight is 450 g/mol. The van der Waals surface area contributed by atoms with Gasteiger partial charge in [0.15, 0.2) is 6.61 Å². The van der Waals surface area contributed by atoms with Crippen molar-refractivity contribution in [2.45, 2.75) is 32.9 Å². The summed E-state index contributed by atoms with van der Waals surface area (Å²) < 4.78 is 61.4. The maximum absolute atomic E-state index is 13.6. The van der Waals surface area contributed by atoms with Gasteiger partial charge in [0.1, 0.15) is 17.1 Å². The Bertz CT molecular complexity index is 1170. The van der Waals surface area contributed by atoms with Crippen molar-refractivity contribution >= 4 is 16.9 Å². The van der Waals surface area contributed by atoms with Gasteiger partial charge in [-0.2, -0.15) is 13.2 Å². The van der Waals surface area contributed by atoms with Crippen LogP contribution in [0.25, 0.3) is 11.0 Å². The first-order chi connectivity index (χ1) is 15.2. The molecule has 0 amide bonds. The third-order valence-electron chi connectivity index (χ3n) is 4.41. The van der Waals surface area contributed by atoms with Crippen LogP contribution >= 0.6 is 0 Å². The van der Waals surface area contributed by atoms with Crippen molar-refractivity contribution in [3.63, 3.8) is 0 Å². The van der Waals surface area contributed by atoms with Crippen molar-refractivity contribution in [1.82, 2.24) is 0 Å². The Kier molecular flexibility index (Phi) is 7.07. The van der Waals surface area contributed by atoms with Crippen LogP contribution in [0.3, 0.4) is 0 Å². The Labute approximate surface area is 181 Å². The third kappa shape index (κ3) is 5.60. The molecule has 0 aliphatic heterocycles. The summed E-state index contributed by atoms with van der Waals surface area (Å²) in [7, 11) is 0. The minimum absolute atomic E-state index is 0.0496. The largest absolute Gasteiger partial charge is 0.482 e. The molecule has 1 heterocycles. The summed E-state index contributed by atoms with van der Waals surface area (Å²) in [6.45, 7) is 3.51. The molecule has 1 aromatic heterocycles. The molecule has 32 heavy (non-hydrogen) atoms. The molecule has 0 aliphatic rings. The van der Waals surface area contributed by atoms with E-state index in [0.29, 0.717) is 6.42 Å². The predicted octanol–water partition coefficient (Wildman–Crippen LogP) is 5.63. The zero-order valence-electron chi connectivity index (χ0n) is 17.5. The highest BCUT2D eigenvalue weighted by atomic mass is 19.4. The molecule has 2 aromatic carbocycles. The van der Waals surface area contributed by atoms with E-state index >= 15 is 0 Å². The van der Waals surface area contributed by atoms with Gasteiger partial charge >= 0.3 is 12.1 Å². The van der Waals surface area contributed by atoms with Crippen LogP contribution in [0.15, 0.2) is 51.7 Å². The second kappa shape index (κ2) is 9.76. The lowest BCUT2D eigenvalue weighted by Crippen LogP contribution is -2.16. The Morgan fingerprint density at radius 1 is 1.09 bits per heavy atom. The van der Waals surface area contributed by atoms with E-state index in [9.17, 15) is 22.8 Å². The molecule has 0 fully saturated rings. The number of hydrogen-bond donors (Lipinski definition) is 0. The Morgan fingerprint density at radius 2 is 1.88 bits per heavy atom. The van der Waals surface area contributed by atoms with Crippen LogP contribution in [0.4, 0.5) is 13.2 Å². The van der Waals surface area contributed by atoms with E-state index in [2.05, 4.69) is 0 Å². The van der Waals surface area contributed by atoms with Crippen LogP contribution < -0.4 is 14.9 Å². The van der Waals surface area contributed by atoms with Gasteiger partial charge in [-0.05, 0) is 43.2 Å². The second-order valence-electron chi connectivity index (χ2n) is 7.03. The number of fused-ring (bicyclic) bond motifs is 1. The molecule has 170 valence electrons. The standard InChI is InChI=1S/C23H21F3O6/c1-3-4-10-29-19(27)13-30-15-8-9-17-18(12-15)32-22(23(24,25)26)21(20(17)28)31-16-7-5-6-14(2)11-16/h5-9,11-12H,3-4,10,13H2,1-2H3. The molecule has 9 heteroatoms. The first kappa shape index (κ1) is 23.2. The summed E-state index contributed by atoms with van der Waals surface area (Å²) in [5, 5.41) is -0.126. The van der Waals surface area contributed by atoms with Gasteiger partial charge < -0.3 is 18.6 Å². The molecule has 3 rings (SSSR count). The highest BCUT2D eigenvalue weighted by Gasteiger charge is 2.40. The van der Waals surface area contributed by atoms with Crippen molar-refractivity contribution in [2.75, 3.05) is 13.2 Å². The van der Waals surface area contributed by atoms with E-state index in [1.807, 2.05) is 6.92 Å². The van der Waals surface area contributed by atoms with Gasteiger partial charge in [0.05, 0.1) is 12.0 Å². The summed E-state index contributed by atoms with van der Waals surface area (Å²) >= 11 is 0. The van der Waals surface area contributed by atoms with Gasteiger partial charge in [-0.15, -0.1) is 0 Å². The molecule has 0 aliphatic carbocycles. The molecule has 6 nitrogen and oxygen atoms in total. The van der Waals surface area contributed by atoms with Crippen LogP contribution in [-0.4, -0.2) is 19.2 Å². The maximum Gasteiger partial charge on any atom is 0.453 e. The number of carbonyl (C=O) groups is 1. The normalized spacial score (nSPS) is 11.4. The van der Waals surface area contributed by atoms with Gasteiger partial charge in [0.25, 0.3) is 5.76 Å². The van der Waals surface area contributed by atoms with Crippen LogP contribution in [0.1, 0.15) is 31.1 Å². The number of aryl methyl sites for hydroxylation is 1. The van der Waals surface area contributed by atoms with E-state index in [1.54, 1.807) is 19.1 Å². The summed E-state index contributed by atoms with van der Waals surface area (Å²) in [6, 6.07) is 9.98. The molecule has 0 saturated heterocycles.